The maximum Gasteiger partial charge on any atom is 0.128 e. The monoisotopic (exact) mass is 239 g/mol. The van der Waals surface area contributed by atoms with Crippen LogP contribution in [0.5, 0.6) is 0 Å². The molecule has 1 aromatic rings. The molecule has 1 rings (SSSR count). The summed E-state index contributed by atoms with van der Waals surface area (Å²) in [4.78, 5) is 0. The quantitative estimate of drug-likeness (QED) is 0.855. The molecule has 1 aromatic carbocycles. The van der Waals surface area contributed by atoms with Crippen LogP contribution in [0.25, 0.3) is 0 Å². The minimum absolute atomic E-state index is 0.258. The Morgan fingerprint density at radius 3 is 2.41 bits per heavy atom. The third-order valence-electron chi connectivity index (χ3n) is 3.66. The third-order valence-corrected chi connectivity index (χ3v) is 3.66. The molecule has 0 aliphatic carbocycles. The fourth-order valence-electron chi connectivity index (χ4n) is 2.29. The molecule has 2 N–H and O–H groups in total. The van der Waals surface area contributed by atoms with E-state index in [1.165, 1.54) is 6.07 Å². The molecule has 1 atom stereocenters. The Hall–Kier alpha value is -0.930. The van der Waals surface area contributed by atoms with Gasteiger partial charge in [-0.25, -0.2) is 4.39 Å². The third kappa shape index (κ3) is 2.67. The van der Waals surface area contributed by atoms with Crippen molar-refractivity contribution in [2.45, 2.75) is 45.3 Å². The molecule has 17 heavy (non-hydrogen) atoms. The van der Waals surface area contributed by atoms with E-state index in [0.717, 1.165) is 18.4 Å². The van der Waals surface area contributed by atoms with Crippen LogP contribution in [-0.4, -0.2) is 12.7 Å². The molecule has 96 valence electrons. The lowest BCUT2D eigenvalue weighted by Crippen LogP contribution is -2.42. The van der Waals surface area contributed by atoms with Crippen molar-refractivity contribution < 1.29 is 9.13 Å². The number of ether oxygens (including phenoxy) is 1. The summed E-state index contributed by atoms with van der Waals surface area (Å²) in [5, 5.41) is 0. The number of rotatable bonds is 5. The highest BCUT2D eigenvalue weighted by molar-refractivity contribution is 5.28. The molecule has 2 nitrogen and oxygen atoms in total. The van der Waals surface area contributed by atoms with Crippen LogP contribution in [0.3, 0.4) is 0 Å². The Bertz CT molecular complexity index is 366. The van der Waals surface area contributed by atoms with Crippen molar-refractivity contribution in [3.8, 4) is 0 Å². The molecule has 0 radical (unpaired) electrons. The van der Waals surface area contributed by atoms with Gasteiger partial charge in [0, 0.05) is 12.7 Å². The van der Waals surface area contributed by atoms with Crippen molar-refractivity contribution in [2.75, 3.05) is 7.11 Å². The lowest BCUT2D eigenvalue weighted by atomic mass is 9.84. The average molecular weight is 239 g/mol. The first-order chi connectivity index (χ1) is 8.00. The summed E-state index contributed by atoms with van der Waals surface area (Å²) in [5.41, 5.74) is 7.27. The molecule has 0 aromatic heterocycles. The molecule has 0 spiro atoms. The fourth-order valence-corrected chi connectivity index (χ4v) is 2.29. The van der Waals surface area contributed by atoms with Crippen molar-refractivity contribution in [1.29, 1.82) is 0 Å². The Morgan fingerprint density at radius 2 is 1.94 bits per heavy atom. The number of hydrogen-bond donors (Lipinski definition) is 1. The highest BCUT2D eigenvalue weighted by Crippen LogP contribution is 2.34. The van der Waals surface area contributed by atoms with Crippen molar-refractivity contribution in [2.24, 2.45) is 5.73 Å². The molecular weight excluding hydrogens is 217 g/mol. The fraction of sp³-hybridized carbons (Fsp3) is 0.571. The lowest BCUT2D eigenvalue weighted by Gasteiger charge is -2.36. The van der Waals surface area contributed by atoms with Crippen LogP contribution < -0.4 is 5.73 Å². The minimum Gasteiger partial charge on any atom is -0.376 e. The van der Waals surface area contributed by atoms with Gasteiger partial charge in [0.2, 0.25) is 0 Å². The number of benzene rings is 1. The first-order valence-corrected chi connectivity index (χ1v) is 6.07. The SMILES string of the molecule is CCC(CC)(OC)C(N)c1cc(C)ccc1F. The average Bonchev–Trinajstić information content (AvgIpc) is 2.35. The zero-order chi connectivity index (χ0) is 13.1. The van der Waals surface area contributed by atoms with Crippen LogP contribution in [0.1, 0.15) is 43.9 Å². The molecule has 0 saturated heterocycles. The van der Waals surface area contributed by atoms with E-state index in [1.54, 1.807) is 19.2 Å². The highest BCUT2D eigenvalue weighted by Gasteiger charge is 2.35. The zero-order valence-corrected chi connectivity index (χ0v) is 11.1. The van der Waals surface area contributed by atoms with Crippen molar-refractivity contribution in [1.82, 2.24) is 0 Å². The van der Waals surface area contributed by atoms with E-state index in [0.29, 0.717) is 5.56 Å². The van der Waals surface area contributed by atoms with Crippen molar-refractivity contribution in [3.63, 3.8) is 0 Å². The zero-order valence-electron chi connectivity index (χ0n) is 11.1. The number of hydrogen-bond acceptors (Lipinski definition) is 2. The van der Waals surface area contributed by atoms with Gasteiger partial charge < -0.3 is 10.5 Å². The van der Waals surface area contributed by atoms with Gasteiger partial charge >= 0.3 is 0 Å². The number of aryl methyl sites for hydroxylation is 1. The molecule has 0 saturated carbocycles. The van der Waals surface area contributed by atoms with E-state index in [-0.39, 0.29) is 5.82 Å². The van der Waals surface area contributed by atoms with Gasteiger partial charge in [-0.2, -0.15) is 0 Å². The molecule has 1 unspecified atom stereocenters. The van der Waals surface area contributed by atoms with Gasteiger partial charge in [0.05, 0.1) is 11.6 Å². The molecule has 0 fully saturated rings. The minimum atomic E-state index is -0.491. The summed E-state index contributed by atoms with van der Waals surface area (Å²) < 4.78 is 19.4. The second-order valence-corrected chi connectivity index (χ2v) is 4.48. The van der Waals surface area contributed by atoms with E-state index in [2.05, 4.69) is 0 Å². The molecular formula is C14H22FNO. The smallest absolute Gasteiger partial charge is 0.128 e. The molecule has 0 amide bonds. The molecule has 3 heteroatoms. The Labute approximate surface area is 103 Å². The first-order valence-electron chi connectivity index (χ1n) is 6.07. The van der Waals surface area contributed by atoms with Crippen molar-refractivity contribution >= 4 is 0 Å². The predicted molar refractivity (Wildman–Crippen MR) is 68.4 cm³/mol. The summed E-state index contributed by atoms with van der Waals surface area (Å²) >= 11 is 0. The van der Waals surface area contributed by atoms with Gasteiger partial charge in [-0.15, -0.1) is 0 Å². The second-order valence-electron chi connectivity index (χ2n) is 4.48. The number of nitrogens with two attached hydrogens (primary N) is 1. The molecule has 0 aliphatic rings. The number of halogens is 1. The van der Waals surface area contributed by atoms with Crippen molar-refractivity contribution in [3.05, 3.63) is 35.1 Å². The van der Waals surface area contributed by atoms with Crippen LogP contribution in [0.2, 0.25) is 0 Å². The van der Waals surface area contributed by atoms with Crippen LogP contribution >= 0.6 is 0 Å². The first kappa shape index (κ1) is 14.1. The normalized spacial score (nSPS) is 13.8. The maximum absolute atomic E-state index is 13.8. The van der Waals surface area contributed by atoms with Crippen LogP contribution in [0.4, 0.5) is 4.39 Å². The Kier molecular flexibility index (Phi) is 4.66. The van der Waals surface area contributed by atoms with Gasteiger partial charge in [0.15, 0.2) is 0 Å². The highest BCUT2D eigenvalue weighted by atomic mass is 19.1. The van der Waals surface area contributed by atoms with Gasteiger partial charge in [-0.05, 0) is 25.8 Å². The van der Waals surface area contributed by atoms with Gasteiger partial charge in [-0.3, -0.25) is 0 Å². The molecule has 0 aliphatic heterocycles. The van der Waals surface area contributed by atoms with E-state index in [9.17, 15) is 4.39 Å². The van der Waals surface area contributed by atoms with E-state index < -0.39 is 11.6 Å². The van der Waals surface area contributed by atoms with Gasteiger partial charge in [0.25, 0.3) is 0 Å². The van der Waals surface area contributed by atoms with Gasteiger partial charge in [-0.1, -0.05) is 31.5 Å². The second kappa shape index (κ2) is 5.61. The summed E-state index contributed by atoms with van der Waals surface area (Å²) in [7, 11) is 1.64. The Balaban J connectivity index is 3.17. The standard InChI is InChI=1S/C14H22FNO/c1-5-14(6-2,17-4)13(16)11-9-10(3)7-8-12(11)15/h7-9,13H,5-6,16H2,1-4H3. The van der Waals surface area contributed by atoms with Crippen LogP contribution in [0, 0.1) is 12.7 Å². The maximum atomic E-state index is 13.8. The van der Waals surface area contributed by atoms with E-state index >= 15 is 0 Å². The summed E-state index contributed by atoms with van der Waals surface area (Å²) in [6.45, 7) is 5.96. The summed E-state index contributed by atoms with van der Waals surface area (Å²) in [5.74, 6) is -0.258. The van der Waals surface area contributed by atoms with E-state index in [4.69, 9.17) is 10.5 Å². The summed E-state index contributed by atoms with van der Waals surface area (Å²) in [6, 6.07) is 4.58. The Morgan fingerprint density at radius 1 is 1.35 bits per heavy atom. The molecule has 0 bridgehead atoms. The van der Waals surface area contributed by atoms with Crippen LogP contribution in [0.15, 0.2) is 18.2 Å². The molecule has 0 heterocycles. The number of methoxy groups -OCH3 is 1. The summed E-state index contributed by atoms with van der Waals surface area (Å²) in [6.07, 6.45) is 1.52. The topological polar surface area (TPSA) is 35.2 Å². The van der Waals surface area contributed by atoms with E-state index in [1.807, 2.05) is 20.8 Å². The predicted octanol–water partition coefficient (Wildman–Crippen LogP) is 3.34. The lowest BCUT2D eigenvalue weighted by molar-refractivity contribution is -0.0393. The van der Waals surface area contributed by atoms with Crippen LogP contribution in [-0.2, 0) is 4.74 Å². The largest absolute Gasteiger partial charge is 0.376 e. The van der Waals surface area contributed by atoms with Gasteiger partial charge in [0.1, 0.15) is 5.82 Å².